The summed E-state index contributed by atoms with van der Waals surface area (Å²) in [5.74, 6) is -0.776. The molecule has 0 saturated carbocycles. The van der Waals surface area contributed by atoms with Gasteiger partial charge in [0.25, 0.3) is 0 Å². The van der Waals surface area contributed by atoms with Crippen molar-refractivity contribution >= 4 is 30.1 Å². The van der Waals surface area contributed by atoms with Crippen LogP contribution in [0.2, 0.25) is 0 Å². The zero-order chi connectivity index (χ0) is 13.2. The van der Waals surface area contributed by atoms with Gasteiger partial charge in [0.2, 0.25) is 0 Å². The van der Waals surface area contributed by atoms with Crippen LogP contribution in [0.25, 0.3) is 9.65 Å². The molecule has 2 nitrogen and oxygen atoms in total. The Balaban J connectivity index is 2.15. The van der Waals surface area contributed by atoms with Gasteiger partial charge in [0.05, 0.1) is 0 Å². The molecule has 0 radical (unpaired) electrons. The summed E-state index contributed by atoms with van der Waals surface area (Å²) in [4.78, 5) is 11.4. The molecule has 0 bridgehead atoms. The van der Waals surface area contributed by atoms with E-state index in [9.17, 15) is 9.90 Å². The van der Waals surface area contributed by atoms with Crippen molar-refractivity contribution in [2.75, 3.05) is 0 Å². The first-order chi connectivity index (χ1) is 9.25. The molecule has 94 valence electrons. The summed E-state index contributed by atoms with van der Waals surface area (Å²) >= 11 is -0.0768. The van der Waals surface area contributed by atoms with Gasteiger partial charge in [-0.25, -0.2) is 0 Å². The Kier molecular flexibility index (Phi) is 3.24. The van der Waals surface area contributed by atoms with E-state index in [-0.39, 0.29) is 14.5 Å². The number of aromatic carboxylic acids is 1. The topological polar surface area (TPSA) is 37.3 Å². The maximum absolute atomic E-state index is 11.4. The Morgan fingerprint density at radius 2 is 1.68 bits per heavy atom. The first kappa shape index (κ1) is 12.2. The second kappa shape index (κ2) is 5.04. The zero-order valence-corrected chi connectivity index (χ0v) is 11.9. The van der Waals surface area contributed by atoms with Crippen LogP contribution in [0.4, 0.5) is 0 Å². The van der Waals surface area contributed by atoms with Crippen LogP contribution >= 0.6 is 0 Å². The molecule has 1 heterocycles. The van der Waals surface area contributed by atoms with E-state index in [0.29, 0.717) is 10.9 Å². The number of hydrogen-bond donors (Lipinski definition) is 1. The van der Waals surface area contributed by atoms with Gasteiger partial charge in [-0.3, -0.25) is 0 Å². The molecule has 0 aliphatic rings. The SMILES string of the molecule is O=C(O)c1[se]c2ccccc2c1Cc1ccccc1. The molecule has 3 rings (SSSR count). The number of rotatable bonds is 3. The van der Waals surface area contributed by atoms with Crippen molar-refractivity contribution in [1.29, 1.82) is 0 Å². The van der Waals surface area contributed by atoms with Crippen LogP contribution < -0.4 is 0 Å². The fourth-order valence-electron chi connectivity index (χ4n) is 2.25. The second-order valence-corrected chi connectivity index (χ2v) is 6.58. The second-order valence-electron chi connectivity index (χ2n) is 4.37. The van der Waals surface area contributed by atoms with Crippen molar-refractivity contribution in [3.05, 3.63) is 70.2 Å². The standard InChI is InChI=1S/C16H12O2Se/c17-16(18)15-13(10-11-6-2-1-3-7-11)12-8-4-5-9-14(12)19-15/h1-9H,10H2,(H,17,18). The van der Waals surface area contributed by atoms with E-state index < -0.39 is 5.97 Å². The Morgan fingerprint density at radius 3 is 2.42 bits per heavy atom. The molecule has 0 aliphatic heterocycles. The first-order valence-corrected chi connectivity index (χ1v) is 7.74. The molecule has 0 atom stereocenters. The van der Waals surface area contributed by atoms with Gasteiger partial charge in [-0.05, 0) is 0 Å². The quantitative estimate of drug-likeness (QED) is 0.754. The van der Waals surface area contributed by atoms with Crippen LogP contribution in [0.15, 0.2) is 54.6 Å². The molecule has 19 heavy (non-hydrogen) atoms. The van der Waals surface area contributed by atoms with E-state index in [1.807, 2.05) is 54.6 Å². The Morgan fingerprint density at radius 1 is 1.00 bits per heavy atom. The molecule has 3 aromatic rings. The monoisotopic (exact) mass is 316 g/mol. The van der Waals surface area contributed by atoms with Gasteiger partial charge in [-0.15, -0.1) is 0 Å². The van der Waals surface area contributed by atoms with E-state index in [4.69, 9.17) is 0 Å². The third kappa shape index (κ3) is 2.35. The van der Waals surface area contributed by atoms with Gasteiger partial charge in [0, 0.05) is 0 Å². The van der Waals surface area contributed by atoms with Crippen molar-refractivity contribution in [2.24, 2.45) is 0 Å². The number of hydrogen-bond acceptors (Lipinski definition) is 1. The summed E-state index contributed by atoms with van der Waals surface area (Å²) in [5, 5.41) is 10.5. The van der Waals surface area contributed by atoms with Crippen molar-refractivity contribution in [3.8, 4) is 0 Å². The number of fused-ring (bicyclic) bond motifs is 1. The molecule has 0 fully saturated rings. The average Bonchev–Trinajstić information content (AvgIpc) is 2.79. The minimum atomic E-state index is -0.776. The average molecular weight is 315 g/mol. The molecule has 0 spiro atoms. The molecule has 2 aromatic carbocycles. The van der Waals surface area contributed by atoms with Crippen molar-refractivity contribution in [3.63, 3.8) is 0 Å². The Hall–Kier alpha value is -1.83. The molecule has 0 unspecified atom stereocenters. The van der Waals surface area contributed by atoms with Gasteiger partial charge in [0.15, 0.2) is 0 Å². The summed E-state index contributed by atoms with van der Waals surface area (Å²) in [5.41, 5.74) is 2.14. The molecule has 3 heteroatoms. The van der Waals surface area contributed by atoms with Gasteiger partial charge in [0.1, 0.15) is 0 Å². The van der Waals surface area contributed by atoms with E-state index >= 15 is 0 Å². The van der Waals surface area contributed by atoms with E-state index in [1.54, 1.807) is 0 Å². The number of carboxylic acids is 1. The van der Waals surface area contributed by atoms with Gasteiger partial charge >= 0.3 is 117 Å². The van der Waals surface area contributed by atoms with Gasteiger partial charge in [-0.1, -0.05) is 0 Å². The summed E-state index contributed by atoms with van der Waals surface area (Å²) in [7, 11) is 0. The van der Waals surface area contributed by atoms with Crippen molar-refractivity contribution in [2.45, 2.75) is 6.42 Å². The fourth-order valence-corrected chi connectivity index (χ4v) is 4.47. The number of carbonyl (C=O) groups is 1. The predicted octanol–water partition coefficient (Wildman–Crippen LogP) is 3.19. The summed E-state index contributed by atoms with van der Waals surface area (Å²) < 4.78 is 1.77. The van der Waals surface area contributed by atoms with E-state index in [2.05, 4.69) is 0 Å². The van der Waals surface area contributed by atoms with Crippen LogP contribution in [0.3, 0.4) is 0 Å². The number of carboxylic acid groups (broad SMARTS) is 1. The molecule has 1 aromatic heterocycles. The fraction of sp³-hybridized carbons (Fsp3) is 0.0625. The maximum atomic E-state index is 11.4. The van der Waals surface area contributed by atoms with Crippen LogP contribution in [-0.2, 0) is 6.42 Å². The molecular weight excluding hydrogens is 303 g/mol. The van der Waals surface area contributed by atoms with Crippen LogP contribution in [-0.4, -0.2) is 25.6 Å². The normalized spacial score (nSPS) is 10.7. The third-order valence-corrected chi connectivity index (χ3v) is 5.64. The number of benzene rings is 2. The Bertz CT molecular complexity index is 729. The van der Waals surface area contributed by atoms with Gasteiger partial charge in [-0.2, -0.15) is 0 Å². The molecule has 0 saturated heterocycles. The van der Waals surface area contributed by atoms with E-state index in [1.165, 1.54) is 4.26 Å². The first-order valence-electron chi connectivity index (χ1n) is 6.03. The Labute approximate surface area is 117 Å². The minimum absolute atomic E-state index is 0.0768. The van der Waals surface area contributed by atoms with Crippen LogP contribution in [0.5, 0.6) is 0 Å². The molecule has 0 amide bonds. The van der Waals surface area contributed by atoms with Gasteiger partial charge < -0.3 is 0 Å². The summed E-state index contributed by atoms with van der Waals surface area (Å²) in [6, 6.07) is 18.1. The third-order valence-electron chi connectivity index (χ3n) is 3.12. The molecular formula is C16H12O2Se. The summed E-state index contributed by atoms with van der Waals surface area (Å²) in [6.45, 7) is 0. The van der Waals surface area contributed by atoms with Crippen molar-refractivity contribution < 1.29 is 9.90 Å². The molecule has 1 N–H and O–H groups in total. The van der Waals surface area contributed by atoms with Crippen LogP contribution in [0, 0.1) is 0 Å². The van der Waals surface area contributed by atoms with Crippen LogP contribution in [0.1, 0.15) is 20.4 Å². The van der Waals surface area contributed by atoms with E-state index in [0.717, 1.165) is 16.5 Å². The van der Waals surface area contributed by atoms with Crippen molar-refractivity contribution in [1.82, 2.24) is 0 Å². The predicted molar refractivity (Wildman–Crippen MR) is 77.1 cm³/mol. The summed E-state index contributed by atoms with van der Waals surface area (Å²) in [6.07, 6.45) is 0.696. The molecule has 0 aliphatic carbocycles. The zero-order valence-electron chi connectivity index (χ0n) is 10.2.